The van der Waals surface area contributed by atoms with E-state index in [0.29, 0.717) is 6.04 Å². The van der Waals surface area contributed by atoms with Crippen LogP contribution in [0.25, 0.3) is 0 Å². The van der Waals surface area contributed by atoms with E-state index >= 15 is 0 Å². The van der Waals surface area contributed by atoms with Crippen LogP contribution in [0.2, 0.25) is 0 Å². The van der Waals surface area contributed by atoms with Crippen LogP contribution in [0.5, 0.6) is 0 Å². The molecule has 4 nitrogen and oxygen atoms in total. The Morgan fingerprint density at radius 2 is 1.95 bits per heavy atom. The molecule has 1 aliphatic rings. The topological polar surface area (TPSA) is 39.7 Å². The Morgan fingerprint density at radius 3 is 2.48 bits per heavy atom. The number of rotatable bonds is 7. The number of halogens is 1. The molecule has 1 unspecified atom stereocenters. The van der Waals surface area contributed by atoms with Gasteiger partial charge in [0.05, 0.1) is 6.54 Å². The molecule has 0 saturated heterocycles. The highest BCUT2D eigenvalue weighted by Crippen LogP contribution is 2.28. The molecule has 0 heterocycles. The van der Waals surface area contributed by atoms with Gasteiger partial charge < -0.3 is 15.5 Å². The van der Waals surface area contributed by atoms with Gasteiger partial charge in [0.2, 0.25) is 0 Å². The van der Waals surface area contributed by atoms with E-state index in [1.165, 1.54) is 32.1 Å². The molecule has 0 aromatic heterocycles. The van der Waals surface area contributed by atoms with Crippen molar-refractivity contribution in [2.45, 2.75) is 45.1 Å². The molecule has 5 heteroatoms. The Bertz CT molecular complexity index is 299. The summed E-state index contributed by atoms with van der Waals surface area (Å²) in [6.07, 6.45) is 8.74. The zero-order valence-corrected chi connectivity index (χ0v) is 16.2. The van der Waals surface area contributed by atoms with Gasteiger partial charge in [-0.05, 0) is 39.8 Å². The van der Waals surface area contributed by atoms with Crippen LogP contribution in [0.15, 0.2) is 17.6 Å². The lowest BCUT2D eigenvalue weighted by Crippen LogP contribution is -2.42. The maximum absolute atomic E-state index is 4.75. The molecule has 0 radical (unpaired) electrons. The minimum atomic E-state index is 0. The first kappa shape index (κ1) is 20.7. The fourth-order valence-electron chi connectivity index (χ4n) is 2.95. The van der Waals surface area contributed by atoms with E-state index in [2.05, 4.69) is 43.1 Å². The molecule has 0 aromatic carbocycles. The standard InChI is InChI=1S/C16H32N4.HI/c1-5-12-18-16(17-6-2)19-13-15(20(3)4)14-10-8-7-9-11-14;/h5,14-15H,1,6-13H2,2-4H3,(H2,17,18,19);1H. The maximum Gasteiger partial charge on any atom is 0.191 e. The van der Waals surface area contributed by atoms with Crippen LogP contribution < -0.4 is 10.6 Å². The Hall–Kier alpha value is -0.300. The van der Waals surface area contributed by atoms with Crippen molar-refractivity contribution < 1.29 is 0 Å². The molecule has 0 spiro atoms. The van der Waals surface area contributed by atoms with Crippen molar-refractivity contribution in [2.75, 3.05) is 33.7 Å². The SMILES string of the molecule is C=CCNC(=NCC(C1CCCCC1)N(C)C)NCC.I. The Balaban J connectivity index is 0.00000400. The summed E-state index contributed by atoms with van der Waals surface area (Å²) in [4.78, 5) is 7.10. The molecule has 0 amide bonds. The van der Waals surface area contributed by atoms with Crippen molar-refractivity contribution in [2.24, 2.45) is 10.9 Å². The summed E-state index contributed by atoms with van der Waals surface area (Å²) in [5, 5.41) is 6.56. The number of hydrogen-bond donors (Lipinski definition) is 2. The van der Waals surface area contributed by atoms with Gasteiger partial charge in [-0.15, -0.1) is 30.6 Å². The Labute approximate surface area is 147 Å². The van der Waals surface area contributed by atoms with Gasteiger partial charge >= 0.3 is 0 Å². The minimum Gasteiger partial charge on any atom is -0.357 e. The lowest BCUT2D eigenvalue weighted by molar-refractivity contribution is 0.176. The van der Waals surface area contributed by atoms with Crippen molar-refractivity contribution >= 4 is 29.9 Å². The van der Waals surface area contributed by atoms with Gasteiger partial charge in [-0.3, -0.25) is 4.99 Å². The summed E-state index contributed by atoms with van der Waals surface area (Å²) in [5.41, 5.74) is 0. The van der Waals surface area contributed by atoms with Crippen LogP contribution in [0.3, 0.4) is 0 Å². The van der Waals surface area contributed by atoms with Crippen molar-refractivity contribution in [3.63, 3.8) is 0 Å². The summed E-state index contributed by atoms with van der Waals surface area (Å²) >= 11 is 0. The lowest BCUT2D eigenvalue weighted by Gasteiger charge is -2.34. The highest BCUT2D eigenvalue weighted by molar-refractivity contribution is 14.0. The third kappa shape index (κ3) is 8.04. The normalized spacial score (nSPS) is 18.0. The fraction of sp³-hybridized carbons (Fsp3) is 0.812. The Kier molecular flexibility index (Phi) is 12.1. The third-order valence-electron chi connectivity index (χ3n) is 4.05. The highest BCUT2D eigenvalue weighted by atomic mass is 127. The number of aliphatic imine (C=N–C) groups is 1. The van der Waals surface area contributed by atoms with Gasteiger partial charge in [0, 0.05) is 19.1 Å². The molecular weight excluding hydrogens is 375 g/mol. The summed E-state index contributed by atoms with van der Waals surface area (Å²) in [7, 11) is 4.36. The molecule has 124 valence electrons. The van der Waals surface area contributed by atoms with Crippen LogP contribution in [0.4, 0.5) is 0 Å². The fourth-order valence-corrected chi connectivity index (χ4v) is 2.95. The Morgan fingerprint density at radius 1 is 1.29 bits per heavy atom. The van der Waals surface area contributed by atoms with Crippen LogP contribution in [-0.4, -0.2) is 50.6 Å². The van der Waals surface area contributed by atoms with E-state index in [-0.39, 0.29) is 24.0 Å². The van der Waals surface area contributed by atoms with Gasteiger partial charge in [0.1, 0.15) is 0 Å². The zero-order chi connectivity index (χ0) is 14.8. The van der Waals surface area contributed by atoms with Crippen LogP contribution >= 0.6 is 24.0 Å². The maximum atomic E-state index is 4.75. The van der Waals surface area contributed by atoms with E-state index in [4.69, 9.17) is 4.99 Å². The summed E-state index contributed by atoms with van der Waals surface area (Å²) < 4.78 is 0. The largest absolute Gasteiger partial charge is 0.357 e. The van der Waals surface area contributed by atoms with Crippen molar-refractivity contribution in [3.8, 4) is 0 Å². The molecular formula is C16H33IN4. The number of nitrogens with zero attached hydrogens (tertiary/aromatic N) is 2. The van der Waals surface area contributed by atoms with Crippen LogP contribution in [0, 0.1) is 5.92 Å². The molecule has 1 rings (SSSR count). The van der Waals surface area contributed by atoms with E-state index < -0.39 is 0 Å². The first-order chi connectivity index (χ1) is 9.69. The molecule has 1 fully saturated rings. The van der Waals surface area contributed by atoms with Crippen molar-refractivity contribution in [3.05, 3.63) is 12.7 Å². The predicted molar refractivity (Wildman–Crippen MR) is 104 cm³/mol. The molecule has 1 atom stereocenters. The highest BCUT2D eigenvalue weighted by Gasteiger charge is 2.25. The first-order valence-corrected chi connectivity index (χ1v) is 7.98. The average Bonchev–Trinajstić information content (AvgIpc) is 2.45. The lowest BCUT2D eigenvalue weighted by atomic mass is 9.83. The predicted octanol–water partition coefficient (Wildman–Crippen LogP) is 2.86. The quantitative estimate of drug-likeness (QED) is 0.295. The summed E-state index contributed by atoms with van der Waals surface area (Å²) in [6, 6.07) is 0.550. The van der Waals surface area contributed by atoms with Crippen molar-refractivity contribution in [1.82, 2.24) is 15.5 Å². The van der Waals surface area contributed by atoms with Gasteiger partial charge in [-0.25, -0.2) is 0 Å². The second kappa shape index (κ2) is 12.3. The number of likely N-dealkylation sites (N-methyl/N-ethyl adjacent to an activating group) is 1. The van der Waals surface area contributed by atoms with Gasteiger partial charge in [0.25, 0.3) is 0 Å². The average molecular weight is 408 g/mol. The second-order valence-electron chi connectivity index (χ2n) is 5.82. The van der Waals surface area contributed by atoms with Gasteiger partial charge in [-0.2, -0.15) is 0 Å². The molecule has 2 N–H and O–H groups in total. The van der Waals surface area contributed by atoms with E-state index in [1.807, 2.05) is 6.08 Å². The third-order valence-corrected chi connectivity index (χ3v) is 4.05. The molecule has 21 heavy (non-hydrogen) atoms. The zero-order valence-electron chi connectivity index (χ0n) is 13.9. The number of guanidine groups is 1. The van der Waals surface area contributed by atoms with E-state index in [0.717, 1.165) is 31.5 Å². The molecule has 1 saturated carbocycles. The molecule has 1 aliphatic carbocycles. The van der Waals surface area contributed by atoms with Gasteiger partial charge in [0.15, 0.2) is 5.96 Å². The summed E-state index contributed by atoms with van der Waals surface area (Å²) in [5.74, 6) is 1.69. The molecule has 0 aliphatic heterocycles. The molecule has 0 bridgehead atoms. The second-order valence-corrected chi connectivity index (χ2v) is 5.82. The first-order valence-electron chi connectivity index (χ1n) is 7.98. The molecule has 0 aromatic rings. The van der Waals surface area contributed by atoms with E-state index in [1.54, 1.807) is 0 Å². The van der Waals surface area contributed by atoms with Crippen molar-refractivity contribution in [1.29, 1.82) is 0 Å². The monoisotopic (exact) mass is 408 g/mol. The van der Waals surface area contributed by atoms with Crippen LogP contribution in [0.1, 0.15) is 39.0 Å². The van der Waals surface area contributed by atoms with E-state index in [9.17, 15) is 0 Å². The smallest absolute Gasteiger partial charge is 0.191 e. The number of hydrogen-bond acceptors (Lipinski definition) is 2. The van der Waals surface area contributed by atoms with Gasteiger partial charge in [-0.1, -0.05) is 25.3 Å². The minimum absolute atomic E-state index is 0. The summed E-state index contributed by atoms with van der Waals surface area (Å²) in [6.45, 7) is 8.33. The van der Waals surface area contributed by atoms with Crippen LogP contribution in [-0.2, 0) is 0 Å². The number of nitrogens with one attached hydrogen (secondary N) is 2.